The maximum Gasteiger partial charge on any atom is 0.0921 e. The van der Waals surface area contributed by atoms with Gasteiger partial charge in [0.15, 0.2) is 0 Å². The zero-order valence-corrected chi connectivity index (χ0v) is 8.14. The number of nitrogens with one attached hydrogen (secondary N) is 2. The summed E-state index contributed by atoms with van der Waals surface area (Å²) in [6, 6.07) is 0. The smallest absolute Gasteiger partial charge is 0.0921 e. The average molecular weight is 179 g/mol. The number of nitrogens with zero attached hydrogens (tertiary/aromatic N) is 1. The van der Waals surface area contributed by atoms with Crippen LogP contribution in [-0.4, -0.2) is 23.1 Å². The molecule has 0 aliphatic carbocycles. The maximum absolute atomic E-state index is 4.02. The molecule has 1 fully saturated rings. The van der Waals surface area contributed by atoms with Gasteiger partial charge in [-0.05, 0) is 31.2 Å². The van der Waals surface area contributed by atoms with E-state index in [1.807, 2.05) is 6.20 Å². The van der Waals surface area contributed by atoms with Gasteiger partial charge in [0.2, 0.25) is 0 Å². The minimum atomic E-state index is 0.505. The first-order valence-corrected chi connectivity index (χ1v) is 4.97. The molecule has 2 rings (SSSR count). The maximum atomic E-state index is 4.02. The summed E-state index contributed by atoms with van der Waals surface area (Å²) < 4.78 is 0. The third kappa shape index (κ3) is 2.10. The van der Waals surface area contributed by atoms with Gasteiger partial charge in [0.1, 0.15) is 0 Å². The molecule has 1 aliphatic heterocycles. The van der Waals surface area contributed by atoms with E-state index in [9.17, 15) is 0 Å². The summed E-state index contributed by atoms with van der Waals surface area (Å²) in [5, 5.41) is 3.42. The van der Waals surface area contributed by atoms with Gasteiger partial charge in [0.25, 0.3) is 0 Å². The highest BCUT2D eigenvalue weighted by molar-refractivity contribution is 4.96. The highest BCUT2D eigenvalue weighted by atomic mass is 14.9. The molecule has 0 amide bonds. The lowest BCUT2D eigenvalue weighted by atomic mass is 9.84. The number of aryl methyl sites for hydroxylation is 1. The van der Waals surface area contributed by atoms with Gasteiger partial charge in [0.05, 0.1) is 6.33 Å². The van der Waals surface area contributed by atoms with E-state index in [1.54, 1.807) is 6.33 Å². The monoisotopic (exact) mass is 179 g/mol. The standard InChI is InChI=1S/C10H17N3/c1-10(4-5-11-7-10)3-2-9-6-12-8-13-9/h6,8,11H,2-5,7H2,1H3,(H,12,13)/t10-/m0/s1. The van der Waals surface area contributed by atoms with E-state index in [0.717, 1.165) is 6.42 Å². The van der Waals surface area contributed by atoms with Crippen LogP contribution in [0.4, 0.5) is 0 Å². The van der Waals surface area contributed by atoms with Gasteiger partial charge in [0, 0.05) is 18.4 Å². The Labute approximate surface area is 79.0 Å². The summed E-state index contributed by atoms with van der Waals surface area (Å²) in [5.41, 5.74) is 1.76. The summed E-state index contributed by atoms with van der Waals surface area (Å²) in [5.74, 6) is 0. The molecular formula is C10H17N3. The van der Waals surface area contributed by atoms with Crippen molar-refractivity contribution in [2.45, 2.75) is 26.2 Å². The van der Waals surface area contributed by atoms with Crippen LogP contribution in [0.25, 0.3) is 0 Å². The highest BCUT2D eigenvalue weighted by Crippen LogP contribution is 2.29. The molecule has 1 saturated heterocycles. The lowest BCUT2D eigenvalue weighted by molar-refractivity contribution is 0.333. The van der Waals surface area contributed by atoms with Crippen molar-refractivity contribution in [2.75, 3.05) is 13.1 Å². The van der Waals surface area contributed by atoms with Crippen molar-refractivity contribution in [3.8, 4) is 0 Å². The Kier molecular flexibility index (Phi) is 2.36. The van der Waals surface area contributed by atoms with Crippen LogP contribution in [0, 0.1) is 5.41 Å². The van der Waals surface area contributed by atoms with E-state index < -0.39 is 0 Å². The highest BCUT2D eigenvalue weighted by Gasteiger charge is 2.27. The van der Waals surface area contributed by atoms with Crippen LogP contribution in [0.5, 0.6) is 0 Å². The molecule has 0 aromatic carbocycles. The fourth-order valence-corrected chi connectivity index (χ4v) is 1.94. The summed E-state index contributed by atoms with van der Waals surface area (Å²) in [7, 11) is 0. The lowest BCUT2D eigenvalue weighted by Crippen LogP contribution is -2.20. The third-order valence-electron chi connectivity index (χ3n) is 3.01. The fourth-order valence-electron chi connectivity index (χ4n) is 1.94. The van der Waals surface area contributed by atoms with Crippen molar-refractivity contribution in [3.63, 3.8) is 0 Å². The molecule has 1 aromatic heterocycles. The normalized spacial score (nSPS) is 28.1. The molecule has 1 aliphatic rings. The quantitative estimate of drug-likeness (QED) is 0.735. The molecule has 0 saturated carbocycles. The molecule has 0 bridgehead atoms. The van der Waals surface area contributed by atoms with E-state index in [0.29, 0.717) is 5.41 Å². The van der Waals surface area contributed by atoms with Gasteiger partial charge >= 0.3 is 0 Å². The van der Waals surface area contributed by atoms with Crippen LogP contribution in [0.3, 0.4) is 0 Å². The molecule has 13 heavy (non-hydrogen) atoms. The fraction of sp³-hybridized carbons (Fsp3) is 0.700. The first-order chi connectivity index (χ1) is 6.29. The minimum Gasteiger partial charge on any atom is -0.348 e. The number of H-pyrrole nitrogens is 1. The van der Waals surface area contributed by atoms with Crippen molar-refractivity contribution in [2.24, 2.45) is 5.41 Å². The van der Waals surface area contributed by atoms with Crippen molar-refractivity contribution in [1.29, 1.82) is 0 Å². The van der Waals surface area contributed by atoms with Crippen molar-refractivity contribution < 1.29 is 0 Å². The molecule has 72 valence electrons. The summed E-state index contributed by atoms with van der Waals surface area (Å²) in [6.07, 6.45) is 7.36. The molecule has 0 unspecified atom stereocenters. The van der Waals surface area contributed by atoms with E-state index in [2.05, 4.69) is 22.2 Å². The molecule has 2 N–H and O–H groups in total. The van der Waals surface area contributed by atoms with E-state index >= 15 is 0 Å². The Balaban J connectivity index is 1.85. The van der Waals surface area contributed by atoms with Gasteiger partial charge in [-0.2, -0.15) is 0 Å². The first kappa shape index (κ1) is 8.75. The van der Waals surface area contributed by atoms with Crippen LogP contribution in [0.15, 0.2) is 12.5 Å². The number of hydrogen-bond acceptors (Lipinski definition) is 2. The molecule has 3 heteroatoms. The summed E-state index contributed by atoms with van der Waals surface area (Å²) in [4.78, 5) is 7.17. The first-order valence-electron chi connectivity index (χ1n) is 4.97. The number of aromatic amines is 1. The van der Waals surface area contributed by atoms with Crippen LogP contribution >= 0.6 is 0 Å². The van der Waals surface area contributed by atoms with Gasteiger partial charge in [-0.25, -0.2) is 4.98 Å². The zero-order valence-electron chi connectivity index (χ0n) is 8.14. The third-order valence-corrected chi connectivity index (χ3v) is 3.01. The second kappa shape index (κ2) is 3.50. The lowest BCUT2D eigenvalue weighted by Gasteiger charge is -2.21. The van der Waals surface area contributed by atoms with E-state index in [4.69, 9.17) is 0 Å². The number of imidazole rings is 1. The molecule has 0 radical (unpaired) electrons. The molecule has 3 nitrogen and oxygen atoms in total. The van der Waals surface area contributed by atoms with Crippen molar-refractivity contribution >= 4 is 0 Å². The van der Waals surface area contributed by atoms with Crippen LogP contribution in [0.1, 0.15) is 25.5 Å². The Bertz CT molecular complexity index is 247. The minimum absolute atomic E-state index is 0.505. The largest absolute Gasteiger partial charge is 0.348 e. The van der Waals surface area contributed by atoms with Gasteiger partial charge in [-0.15, -0.1) is 0 Å². The van der Waals surface area contributed by atoms with Crippen LogP contribution in [0.2, 0.25) is 0 Å². The van der Waals surface area contributed by atoms with Gasteiger partial charge < -0.3 is 10.3 Å². The molecule has 2 heterocycles. The number of hydrogen-bond donors (Lipinski definition) is 2. The summed E-state index contributed by atoms with van der Waals surface area (Å²) >= 11 is 0. The van der Waals surface area contributed by atoms with Crippen LogP contribution in [-0.2, 0) is 6.42 Å². The predicted octanol–water partition coefficient (Wildman–Crippen LogP) is 1.34. The second-order valence-electron chi connectivity index (χ2n) is 4.31. The average Bonchev–Trinajstić information content (AvgIpc) is 2.72. The molecule has 0 spiro atoms. The molecule has 1 atom stereocenters. The van der Waals surface area contributed by atoms with Crippen molar-refractivity contribution in [1.82, 2.24) is 15.3 Å². The number of rotatable bonds is 3. The Hall–Kier alpha value is -0.830. The Morgan fingerprint density at radius 2 is 2.54 bits per heavy atom. The second-order valence-corrected chi connectivity index (χ2v) is 4.31. The number of aromatic nitrogens is 2. The Morgan fingerprint density at radius 1 is 1.62 bits per heavy atom. The zero-order chi connectivity index (χ0) is 9.15. The van der Waals surface area contributed by atoms with Gasteiger partial charge in [-0.1, -0.05) is 6.92 Å². The van der Waals surface area contributed by atoms with E-state index in [1.165, 1.54) is 31.6 Å². The Morgan fingerprint density at radius 3 is 3.15 bits per heavy atom. The van der Waals surface area contributed by atoms with E-state index in [-0.39, 0.29) is 0 Å². The van der Waals surface area contributed by atoms with Crippen molar-refractivity contribution in [3.05, 3.63) is 18.2 Å². The molecular weight excluding hydrogens is 162 g/mol. The topological polar surface area (TPSA) is 40.7 Å². The predicted molar refractivity (Wildman–Crippen MR) is 52.5 cm³/mol. The van der Waals surface area contributed by atoms with Crippen LogP contribution < -0.4 is 5.32 Å². The molecule has 1 aromatic rings. The SMILES string of the molecule is C[C@]1(CCc2cnc[nH]2)CCNC1. The van der Waals surface area contributed by atoms with Gasteiger partial charge in [-0.3, -0.25) is 0 Å². The summed E-state index contributed by atoms with van der Waals surface area (Å²) in [6.45, 7) is 4.71.